The molecular weight excluding hydrogens is 361 g/mol. The van der Waals surface area contributed by atoms with Crippen molar-refractivity contribution in [2.45, 2.75) is 32.2 Å². The van der Waals surface area contributed by atoms with Crippen LogP contribution >= 0.6 is 11.8 Å². The molecule has 1 heterocycles. The van der Waals surface area contributed by atoms with Gasteiger partial charge in [-0.3, -0.25) is 15.0 Å². The Bertz CT molecular complexity index is 679. The maximum atomic E-state index is 12.7. The molecule has 1 aliphatic heterocycles. The topological polar surface area (TPSA) is 80.2 Å². The van der Waals surface area contributed by atoms with Gasteiger partial charge in [-0.1, -0.05) is 13.3 Å². The predicted molar refractivity (Wildman–Crippen MR) is 86.4 cm³/mol. The van der Waals surface area contributed by atoms with E-state index in [2.05, 4.69) is 9.73 Å². The minimum absolute atomic E-state index is 0.0242. The molecule has 0 aliphatic carbocycles. The molecule has 1 aromatic carbocycles. The number of amides is 1. The molecule has 1 aromatic rings. The smallest absolute Gasteiger partial charge is 0.493 e. The third-order valence-corrected chi connectivity index (χ3v) is 4.49. The molecule has 0 saturated heterocycles. The molecule has 0 spiro atoms. The number of carbonyl (C=O) groups excluding carboxylic acids is 1. The minimum Gasteiger partial charge on any atom is -0.493 e. The second kappa shape index (κ2) is 7.96. The molecule has 0 saturated carbocycles. The highest BCUT2D eigenvalue weighted by atomic mass is 32.2. The molecule has 1 atom stereocenters. The number of alkyl halides is 3. The van der Waals surface area contributed by atoms with Crippen molar-refractivity contribution in [2.24, 2.45) is 4.99 Å². The van der Waals surface area contributed by atoms with Gasteiger partial charge in [0.2, 0.25) is 0 Å². The Balaban J connectivity index is 2.46. The maximum absolute atomic E-state index is 12.7. The van der Waals surface area contributed by atoms with E-state index in [-0.39, 0.29) is 11.5 Å². The lowest BCUT2D eigenvalue weighted by molar-refractivity contribution is -0.275. The van der Waals surface area contributed by atoms with Crippen LogP contribution in [0.25, 0.3) is 0 Å². The van der Waals surface area contributed by atoms with E-state index < -0.39 is 24.1 Å². The van der Waals surface area contributed by atoms with Crippen LogP contribution in [0.15, 0.2) is 17.1 Å². The van der Waals surface area contributed by atoms with Gasteiger partial charge < -0.3 is 9.47 Å². The van der Waals surface area contributed by atoms with Gasteiger partial charge in [-0.25, -0.2) is 5.48 Å². The summed E-state index contributed by atoms with van der Waals surface area (Å²) >= 11 is 1.21. The summed E-state index contributed by atoms with van der Waals surface area (Å²) in [4.78, 5) is 15.6. The Hall–Kier alpha value is -1.94. The minimum atomic E-state index is -4.86. The van der Waals surface area contributed by atoms with E-state index in [9.17, 15) is 18.0 Å². The number of nitrogens with zero attached hydrogens (tertiary/aromatic N) is 1. The van der Waals surface area contributed by atoms with Crippen LogP contribution in [0.4, 0.5) is 13.2 Å². The fourth-order valence-electron chi connectivity index (χ4n) is 2.41. The van der Waals surface area contributed by atoms with Crippen LogP contribution in [0.3, 0.4) is 0 Å². The molecule has 6 nitrogen and oxygen atoms in total. The van der Waals surface area contributed by atoms with Gasteiger partial charge in [0.05, 0.1) is 12.2 Å². The first-order chi connectivity index (χ1) is 11.8. The number of rotatable bonds is 6. The van der Waals surface area contributed by atoms with Crippen LogP contribution < -0.4 is 15.0 Å². The van der Waals surface area contributed by atoms with Crippen LogP contribution in [-0.4, -0.2) is 41.4 Å². The number of methoxy groups -OCH3 is 1. The highest BCUT2D eigenvalue weighted by Crippen LogP contribution is 2.38. The molecule has 138 valence electrons. The number of thioether (sulfide) groups is 1. The monoisotopic (exact) mass is 378 g/mol. The standard InChI is InChI=1S/C15H17F3N2O4S/c1-3-4-8-5-9(14-19-10(7-25-14)13(21)20-22)6-11(12(8)23-2)24-15(16,17)18/h5-6,10,22H,3-4,7H2,1-2H3,(H,20,21). The lowest BCUT2D eigenvalue weighted by Crippen LogP contribution is -2.31. The molecule has 0 radical (unpaired) electrons. The number of aliphatic imine (C=N–C) groups is 1. The fraction of sp³-hybridized carbons (Fsp3) is 0.467. The number of benzene rings is 1. The number of carbonyl (C=O) groups is 1. The van der Waals surface area contributed by atoms with Gasteiger partial charge in [0.25, 0.3) is 5.91 Å². The average molecular weight is 378 g/mol. The lowest BCUT2D eigenvalue weighted by Gasteiger charge is -2.17. The molecule has 2 N–H and O–H groups in total. The van der Waals surface area contributed by atoms with E-state index in [1.807, 2.05) is 6.92 Å². The van der Waals surface area contributed by atoms with Crippen LogP contribution in [0.2, 0.25) is 0 Å². The van der Waals surface area contributed by atoms with Gasteiger partial charge in [-0.05, 0) is 24.1 Å². The average Bonchev–Trinajstić information content (AvgIpc) is 3.02. The van der Waals surface area contributed by atoms with Crippen molar-refractivity contribution in [3.05, 3.63) is 23.3 Å². The number of nitrogens with one attached hydrogen (secondary N) is 1. The number of hydroxylamine groups is 1. The highest BCUT2D eigenvalue weighted by molar-refractivity contribution is 8.14. The zero-order chi connectivity index (χ0) is 18.6. The number of hydrogen-bond acceptors (Lipinski definition) is 6. The first-order valence-corrected chi connectivity index (χ1v) is 8.39. The van der Waals surface area contributed by atoms with Crippen molar-refractivity contribution in [3.8, 4) is 11.5 Å². The zero-order valence-electron chi connectivity index (χ0n) is 13.5. The van der Waals surface area contributed by atoms with Crippen molar-refractivity contribution in [1.82, 2.24) is 5.48 Å². The summed E-state index contributed by atoms with van der Waals surface area (Å²) in [6.45, 7) is 1.89. The first-order valence-electron chi connectivity index (χ1n) is 7.40. The van der Waals surface area contributed by atoms with E-state index in [0.717, 1.165) is 0 Å². The van der Waals surface area contributed by atoms with Gasteiger partial charge in [0.15, 0.2) is 11.5 Å². The van der Waals surface area contributed by atoms with Gasteiger partial charge in [0.1, 0.15) is 6.04 Å². The molecule has 1 aliphatic rings. The normalized spacial score (nSPS) is 17.2. The number of ether oxygens (including phenoxy) is 2. The fourth-order valence-corrected chi connectivity index (χ4v) is 3.44. The molecule has 2 rings (SSSR count). The third-order valence-electron chi connectivity index (χ3n) is 3.39. The quantitative estimate of drug-likeness (QED) is 0.588. The Morgan fingerprint density at radius 3 is 2.76 bits per heavy atom. The Morgan fingerprint density at radius 1 is 1.48 bits per heavy atom. The summed E-state index contributed by atoms with van der Waals surface area (Å²) in [6, 6.07) is 2.07. The SMILES string of the molecule is CCCc1cc(C2=NC(C(=O)NO)CS2)cc(OC(F)(F)F)c1OC. The van der Waals surface area contributed by atoms with Crippen molar-refractivity contribution in [3.63, 3.8) is 0 Å². The van der Waals surface area contributed by atoms with E-state index in [4.69, 9.17) is 9.94 Å². The molecule has 0 fully saturated rings. The predicted octanol–water partition coefficient (Wildman–Crippen LogP) is 2.91. The zero-order valence-corrected chi connectivity index (χ0v) is 14.3. The largest absolute Gasteiger partial charge is 0.573 e. The number of halogens is 3. The molecular formula is C15H17F3N2O4S. The van der Waals surface area contributed by atoms with Crippen molar-refractivity contribution >= 4 is 22.7 Å². The molecule has 0 aromatic heterocycles. The van der Waals surface area contributed by atoms with E-state index in [1.54, 1.807) is 6.07 Å². The van der Waals surface area contributed by atoms with Gasteiger partial charge in [-0.2, -0.15) is 0 Å². The molecule has 10 heteroatoms. The van der Waals surface area contributed by atoms with Crippen LogP contribution in [-0.2, 0) is 11.2 Å². The molecule has 1 amide bonds. The first kappa shape index (κ1) is 19.4. The Kier molecular flexibility index (Phi) is 6.17. The molecule has 1 unspecified atom stereocenters. The van der Waals surface area contributed by atoms with Crippen LogP contribution in [0.1, 0.15) is 24.5 Å². The Labute approximate surface area is 146 Å². The highest BCUT2D eigenvalue weighted by Gasteiger charge is 2.34. The van der Waals surface area contributed by atoms with Gasteiger partial charge in [-0.15, -0.1) is 24.9 Å². The van der Waals surface area contributed by atoms with E-state index in [0.29, 0.717) is 29.0 Å². The summed E-state index contributed by atoms with van der Waals surface area (Å²) in [6.07, 6.45) is -3.68. The van der Waals surface area contributed by atoms with Crippen molar-refractivity contribution < 1.29 is 32.6 Å². The van der Waals surface area contributed by atoms with Crippen LogP contribution in [0.5, 0.6) is 11.5 Å². The third kappa shape index (κ3) is 4.79. The Morgan fingerprint density at radius 2 is 2.20 bits per heavy atom. The van der Waals surface area contributed by atoms with E-state index in [1.165, 1.54) is 30.4 Å². The number of hydrogen-bond donors (Lipinski definition) is 2. The van der Waals surface area contributed by atoms with Crippen LogP contribution in [0, 0.1) is 0 Å². The summed E-state index contributed by atoms with van der Waals surface area (Å²) in [5.41, 5.74) is 2.48. The second-order valence-electron chi connectivity index (χ2n) is 5.20. The maximum Gasteiger partial charge on any atom is 0.573 e. The van der Waals surface area contributed by atoms with Gasteiger partial charge in [0, 0.05) is 11.3 Å². The summed E-state index contributed by atoms with van der Waals surface area (Å²) < 4.78 is 47.3. The van der Waals surface area contributed by atoms with Crippen molar-refractivity contribution in [2.75, 3.05) is 12.9 Å². The summed E-state index contributed by atoms with van der Waals surface area (Å²) in [7, 11) is 1.28. The summed E-state index contributed by atoms with van der Waals surface area (Å²) in [5, 5.41) is 9.07. The van der Waals surface area contributed by atoms with Crippen molar-refractivity contribution in [1.29, 1.82) is 0 Å². The van der Waals surface area contributed by atoms with Gasteiger partial charge >= 0.3 is 6.36 Å². The molecule has 25 heavy (non-hydrogen) atoms. The molecule has 0 bridgehead atoms. The second-order valence-corrected chi connectivity index (χ2v) is 6.21. The number of aryl methyl sites for hydroxylation is 1. The summed E-state index contributed by atoms with van der Waals surface area (Å²) in [5.74, 6) is -0.811. The lowest BCUT2D eigenvalue weighted by atomic mass is 10.0. The van der Waals surface area contributed by atoms with E-state index >= 15 is 0 Å².